The molecule has 0 saturated heterocycles. The molecule has 0 fully saturated rings. The summed E-state index contributed by atoms with van der Waals surface area (Å²) >= 11 is 1.58. The van der Waals surface area contributed by atoms with Crippen LogP contribution in [0.5, 0.6) is 0 Å². The second-order valence-electron chi connectivity index (χ2n) is 4.65. The zero-order valence-corrected chi connectivity index (χ0v) is 12.1. The maximum Gasteiger partial charge on any atom is 0.234 e. The molecule has 0 heterocycles. The first-order chi connectivity index (χ1) is 8.54. The highest BCUT2D eigenvalue weighted by Gasteiger charge is 2.10. The molecule has 1 amide bonds. The van der Waals surface area contributed by atoms with Gasteiger partial charge in [0.05, 0.1) is 5.75 Å². The summed E-state index contributed by atoms with van der Waals surface area (Å²) in [5.74, 6) is 0.885. The molecule has 1 atom stereocenters. The quantitative estimate of drug-likeness (QED) is 0.832. The van der Waals surface area contributed by atoms with Crippen LogP contribution in [-0.2, 0) is 4.79 Å². The summed E-state index contributed by atoms with van der Waals surface area (Å²) in [5, 5.41) is 3.29. The number of para-hydroxylation sites is 1. The minimum absolute atomic E-state index is 0.0356. The van der Waals surface area contributed by atoms with Crippen LogP contribution in [0.3, 0.4) is 0 Å². The fraction of sp³-hybridized carbons (Fsp3) is 0.500. The number of hydrogen-bond acceptors (Lipinski definition) is 3. The Morgan fingerprint density at radius 1 is 1.33 bits per heavy atom. The van der Waals surface area contributed by atoms with Gasteiger partial charge in [0.2, 0.25) is 5.91 Å². The number of hydrogen-bond donors (Lipinski definition) is 2. The predicted octanol–water partition coefficient (Wildman–Crippen LogP) is 2.83. The van der Waals surface area contributed by atoms with Crippen LogP contribution < -0.4 is 11.1 Å². The molecule has 0 aliphatic rings. The molecule has 1 unspecified atom stereocenters. The summed E-state index contributed by atoms with van der Waals surface area (Å²) in [5.41, 5.74) is 7.61. The fourth-order valence-corrected chi connectivity index (χ4v) is 2.23. The molecule has 100 valence electrons. The van der Waals surface area contributed by atoms with Gasteiger partial charge in [0, 0.05) is 17.5 Å². The van der Waals surface area contributed by atoms with Crippen molar-refractivity contribution in [3.8, 4) is 0 Å². The van der Waals surface area contributed by atoms with E-state index in [-0.39, 0.29) is 5.91 Å². The highest BCUT2D eigenvalue weighted by molar-refractivity contribution is 8.00. The summed E-state index contributed by atoms with van der Waals surface area (Å²) in [6.07, 6.45) is 0. The molecule has 1 aromatic carbocycles. The minimum Gasteiger partial charge on any atom is -0.329 e. The van der Waals surface area contributed by atoms with Crippen molar-refractivity contribution >= 4 is 23.4 Å². The van der Waals surface area contributed by atoms with Crippen LogP contribution in [0.4, 0.5) is 5.69 Å². The highest BCUT2D eigenvalue weighted by atomic mass is 32.2. The molecule has 3 N–H and O–H groups in total. The lowest BCUT2D eigenvalue weighted by Crippen LogP contribution is -2.20. The van der Waals surface area contributed by atoms with E-state index in [1.54, 1.807) is 11.8 Å². The molecule has 18 heavy (non-hydrogen) atoms. The van der Waals surface area contributed by atoms with Crippen LogP contribution >= 0.6 is 11.8 Å². The van der Waals surface area contributed by atoms with Gasteiger partial charge in [-0.2, -0.15) is 0 Å². The molecule has 0 radical (unpaired) electrons. The normalized spacial score (nSPS) is 12.5. The van der Waals surface area contributed by atoms with Gasteiger partial charge in [-0.15, -0.1) is 11.8 Å². The number of nitrogens with one attached hydrogen (secondary N) is 1. The molecule has 1 aromatic rings. The molecule has 3 nitrogen and oxygen atoms in total. The zero-order valence-electron chi connectivity index (χ0n) is 11.3. The van der Waals surface area contributed by atoms with Crippen molar-refractivity contribution in [2.75, 3.05) is 17.6 Å². The Kier molecular flexibility index (Phi) is 6.22. The molecular weight excluding hydrogens is 244 g/mol. The van der Waals surface area contributed by atoms with Crippen molar-refractivity contribution < 1.29 is 4.79 Å². The number of thioether (sulfide) groups is 1. The Morgan fingerprint density at radius 2 is 2.00 bits per heavy atom. The van der Waals surface area contributed by atoms with Gasteiger partial charge < -0.3 is 11.1 Å². The monoisotopic (exact) mass is 266 g/mol. The number of nitrogens with two attached hydrogens (primary N) is 1. The molecule has 0 saturated carbocycles. The summed E-state index contributed by atoms with van der Waals surface area (Å²) in [6.45, 7) is 6.87. The first-order valence-electron chi connectivity index (χ1n) is 6.25. The van der Waals surface area contributed by atoms with Crippen molar-refractivity contribution in [1.82, 2.24) is 0 Å². The first kappa shape index (κ1) is 15.1. The van der Waals surface area contributed by atoms with Crippen LogP contribution in [0, 0.1) is 0 Å². The Bertz CT molecular complexity index is 393. The molecule has 1 rings (SSSR count). The van der Waals surface area contributed by atoms with Crippen LogP contribution in [0.1, 0.15) is 32.3 Å². The van der Waals surface area contributed by atoms with Crippen LogP contribution in [-0.4, -0.2) is 23.5 Å². The van der Waals surface area contributed by atoms with E-state index in [1.165, 1.54) is 5.56 Å². The lowest BCUT2D eigenvalue weighted by atomic mass is 10.0. The van der Waals surface area contributed by atoms with Crippen LogP contribution in [0.25, 0.3) is 0 Å². The Morgan fingerprint density at radius 3 is 2.61 bits per heavy atom. The third-order valence-corrected chi connectivity index (χ3v) is 3.88. The largest absolute Gasteiger partial charge is 0.329 e. The SMILES string of the molecule is CC(CN)SCC(=O)Nc1ccccc1C(C)C. The third-order valence-electron chi connectivity index (χ3n) is 2.69. The van der Waals surface area contributed by atoms with E-state index < -0.39 is 0 Å². The van der Waals surface area contributed by atoms with Gasteiger partial charge in [-0.1, -0.05) is 39.0 Å². The van der Waals surface area contributed by atoms with E-state index in [1.807, 2.05) is 25.1 Å². The smallest absolute Gasteiger partial charge is 0.234 e. The van der Waals surface area contributed by atoms with E-state index in [0.29, 0.717) is 23.5 Å². The van der Waals surface area contributed by atoms with E-state index in [0.717, 1.165) is 5.69 Å². The number of rotatable bonds is 6. The molecule has 0 aliphatic carbocycles. The number of amides is 1. The lowest BCUT2D eigenvalue weighted by molar-refractivity contribution is -0.113. The molecule has 4 heteroatoms. The summed E-state index contributed by atoms with van der Waals surface area (Å²) in [7, 11) is 0. The lowest BCUT2D eigenvalue weighted by Gasteiger charge is -2.14. The summed E-state index contributed by atoms with van der Waals surface area (Å²) in [6, 6.07) is 7.94. The van der Waals surface area contributed by atoms with Gasteiger partial charge in [0.1, 0.15) is 0 Å². The first-order valence-corrected chi connectivity index (χ1v) is 7.30. The van der Waals surface area contributed by atoms with Crippen molar-refractivity contribution in [2.24, 2.45) is 5.73 Å². The summed E-state index contributed by atoms with van der Waals surface area (Å²) in [4.78, 5) is 11.8. The topological polar surface area (TPSA) is 55.1 Å². The zero-order chi connectivity index (χ0) is 13.5. The molecule has 0 bridgehead atoms. The van der Waals surface area contributed by atoms with Gasteiger partial charge in [0.25, 0.3) is 0 Å². The maximum absolute atomic E-state index is 11.8. The number of anilines is 1. The highest BCUT2D eigenvalue weighted by Crippen LogP contribution is 2.23. The van der Waals surface area contributed by atoms with Gasteiger partial charge in [-0.25, -0.2) is 0 Å². The molecule has 0 aliphatic heterocycles. The van der Waals surface area contributed by atoms with Crippen molar-refractivity contribution in [3.63, 3.8) is 0 Å². The summed E-state index contributed by atoms with van der Waals surface area (Å²) < 4.78 is 0. The Labute approximate surface area is 114 Å². The van der Waals surface area contributed by atoms with Crippen molar-refractivity contribution in [3.05, 3.63) is 29.8 Å². The number of benzene rings is 1. The molecule has 0 aromatic heterocycles. The number of carbonyl (C=O) groups excluding carboxylic acids is 1. The number of carbonyl (C=O) groups is 1. The molecule has 0 spiro atoms. The second kappa shape index (κ2) is 7.44. The third kappa shape index (κ3) is 4.70. The van der Waals surface area contributed by atoms with Gasteiger partial charge in [-0.05, 0) is 17.5 Å². The average molecular weight is 266 g/mol. The predicted molar refractivity (Wildman–Crippen MR) is 80.1 cm³/mol. The molecular formula is C14H22N2OS. The van der Waals surface area contributed by atoms with E-state index in [2.05, 4.69) is 25.2 Å². The standard InChI is InChI=1S/C14H22N2OS/c1-10(2)12-6-4-5-7-13(12)16-14(17)9-18-11(3)8-15/h4-7,10-11H,8-9,15H2,1-3H3,(H,16,17). The maximum atomic E-state index is 11.8. The van der Waals surface area contributed by atoms with E-state index >= 15 is 0 Å². The van der Waals surface area contributed by atoms with Gasteiger partial charge >= 0.3 is 0 Å². The van der Waals surface area contributed by atoms with E-state index in [9.17, 15) is 4.79 Å². The minimum atomic E-state index is 0.0356. The van der Waals surface area contributed by atoms with Crippen LogP contribution in [0.15, 0.2) is 24.3 Å². The van der Waals surface area contributed by atoms with Crippen LogP contribution in [0.2, 0.25) is 0 Å². The van der Waals surface area contributed by atoms with Gasteiger partial charge in [-0.3, -0.25) is 4.79 Å². The van der Waals surface area contributed by atoms with E-state index in [4.69, 9.17) is 5.73 Å². The van der Waals surface area contributed by atoms with Crippen molar-refractivity contribution in [1.29, 1.82) is 0 Å². The fourth-order valence-electron chi connectivity index (χ4n) is 1.59. The van der Waals surface area contributed by atoms with Crippen molar-refractivity contribution in [2.45, 2.75) is 31.9 Å². The van der Waals surface area contributed by atoms with Gasteiger partial charge in [0.15, 0.2) is 0 Å². The second-order valence-corrected chi connectivity index (χ2v) is 6.07. The average Bonchev–Trinajstić information content (AvgIpc) is 2.36. The Balaban J connectivity index is 2.59. The Hall–Kier alpha value is -1.00.